The summed E-state index contributed by atoms with van der Waals surface area (Å²) in [6.07, 6.45) is 4.16. The third-order valence-corrected chi connectivity index (χ3v) is 7.40. The molecular formula is C27H35BrN2O4. The maximum absolute atomic E-state index is 12.4. The lowest BCUT2D eigenvalue weighted by molar-refractivity contribution is 0.116. The number of ether oxygens (including phenoxy) is 3. The van der Waals surface area contributed by atoms with Crippen LogP contribution in [0.1, 0.15) is 38.7 Å². The number of nitrogens with zero attached hydrogens (tertiary/aromatic N) is 2. The Hall–Kier alpha value is -2.25. The lowest BCUT2D eigenvalue weighted by atomic mass is 9.90. The molecule has 0 aromatic heterocycles. The van der Waals surface area contributed by atoms with Gasteiger partial charge in [0.05, 0.1) is 19.8 Å². The van der Waals surface area contributed by atoms with E-state index in [-0.39, 0.29) is 18.3 Å². The summed E-state index contributed by atoms with van der Waals surface area (Å²) in [7, 11) is 1.64. The predicted octanol–water partition coefficient (Wildman–Crippen LogP) is 5.91. The van der Waals surface area contributed by atoms with Crippen LogP contribution >= 0.6 is 15.9 Å². The Labute approximate surface area is 211 Å². The summed E-state index contributed by atoms with van der Waals surface area (Å²) in [5, 5.41) is 0. The number of cyclic esters (lactones) is 1. The number of hydrogen-bond acceptors (Lipinski definition) is 5. The fourth-order valence-electron chi connectivity index (χ4n) is 4.75. The molecule has 6 nitrogen and oxygen atoms in total. The van der Waals surface area contributed by atoms with Crippen LogP contribution in [-0.4, -0.2) is 56.5 Å². The van der Waals surface area contributed by atoms with Crippen LogP contribution in [0.25, 0.3) is 0 Å². The van der Waals surface area contributed by atoms with Crippen LogP contribution in [-0.2, 0) is 11.2 Å². The molecule has 2 aromatic rings. The first-order valence-electron chi connectivity index (χ1n) is 12.2. The second kappa shape index (κ2) is 11.5. The van der Waals surface area contributed by atoms with Crippen molar-refractivity contribution < 1.29 is 19.0 Å². The Balaban J connectivity index is 1.22. The smallest absolute Gasteiger partial charge is 0.414 e. The number of carbonyl (C=O) groups excluding carboxylic acids is 1. The number of piperidine rings is 1. The van der Waals surface area contributed by atoms with E-state index in [1.165, 1.54) is 18.4 Å². The average Bonchev–Trinajstić information content (AvgIpc) is 3.21. The van der Waals surface area contributed by atoms with Gasteiger partial charge in [0, 0.05) is 16.7 Å². The number of anilines is 1. The molecule has 0 saturated carbocycles. The first kappa shape index (κ1) is 24.9. The molecule has 4 rings (SSSR count). The summed E-state index contributed by atoms with van der Waals surface area (Å²) in [5.41, 5.74) is 2.18. The van der Waals surface area contributed by atoms with Crippen LogP contribution in [0.2, 0.25) is 0 Å². The third kappa shape index (κ3) is 6.45. The molecule has 2 aliphatic heterocycles. The van der Waals surface area contributed by atoms with E-state index in [2.05, 4.69) is 46.8 Å². The molecule has 0 radical (unpaired) electrons. The number of halogens is 1. The minimum absolute atomic E-state index is 0.0630. The summed E-state index contributed by atoms with van der Waals surface area (Å²) in [4.78, 5) is 16.6. The quantitative estimate of drug-likeness (QED) is 0.403. The average molecular weight is 531 g/mol. The number of hydrogen-bond donors (Lipinski definition) is 0. The number of benzene rings is 2. The Kier molecular flexibility index (Phi) is 8.37. The van der Waals surface area contributed by atoms with E-state index < -0.39 is 0 Å². The van der Waals surface area contributed by atoms with E-state index >= 15 is 0 Å². The lowest BCUT2D eigenvalue weighted by Crippen LogP contribution is -2.36. The van der Waals surface area contributed by atoms with Crippen LogP contribution in [0.15, 0.2) is 46.9 Å². The number of rotatable bonds is 9. The van der Waals surface area contributed by atoms with Gasteiger partial charge in [-0.15, -0.1) is 0 Å². The van der Waals surface area contributed by atoms with Crippen LogP contribution in [0.4, 0.5) is 10.5 Å². The normalized spacial score (nSPS) is 19.5. The van der Waals surface area contributed by atoms with Crippen LogP contribution < -0.4 is 14.4 Å². The van der Waals surface area contributed by atoms with Crippen LogP contribution in [0.5, 0.6) is 11.5 Å². The topological polar surface area (TPSA) is 51.2 Å². The second-order valence-electron chi connectivity index (χ2n) is 9.51. The fraction of sp³-hybridized carbons (Fsp3) is 0.519. The highest BCUT2D eigenvalue weighted by Gasteiger charge is 2.32. The highest BCUT2D eigenvalue weighted by Crippen LogP contribution is 2.30. The van der Waals surface area contributed by atoms with E-state index in [0.717, 1.165) is 54.1 Å². The van der Waals surface area contributed by atoms with Gasteiger partial charge in [0.1, 0.15) is 17.6 Å². The highest BCUT2D eigenvalue weighted by atomic mass is 79.9. The zero-order valence-electron chi connectivity index (χ0n) is 20.3. The van der Waals surface area contributed by atoms with Gasteiger partial charge in [0.15, 0.2) is 0 Å². The molecule has 184 valence electrons. The molecule has 1 atom stereocenters. The first-order chi connectivity index (χ1) is 16.4. The first-order valence-corrected chi connectivity index (χ1v) is 13.0. The van der Waals surface area contributed by atoms with Crippen molar-refractivity contribution in [2.24, 2.45) is 5.92 Å². The Morgan fingerprint density at radius 3 is 2.47 bits per heavy atom. The number of carbonyl (C=O) groups is 1. The van der Waals surface area contributed by atoms with Crippen LogP contribution in [0, 0.1) is 5.92 Å². The van der Waals surface area contributed by atoms with Crippen molar-refractivity contribution in [3.63, 3.8) is 0 Å². The third-order valence-electron chi connectivity index (χ3n) is 6.63. The number of amides is 1. The van der Waals surface area contributed by atoms with Crippen molar-refractivity contribution in [1.29, 1.82) is 0 Å². The Morgan fingerprint density at radius 1 is 1.09 bits per heavy atom. The van der Waals surface area contributed by atoms with Crippen molar-refractivity contribution in [2.45, 2.75) is 51.7 Å². The van der Waals surface area contributed by atoms with Crippen molar-refractivity contribution in [3.8, 4) is 11.5 Å². The van der Waals surface area contributed by atoms with Gasteiger partial charge in [-0.2, -0.15) is 0 Å². The maximum atomic E-state index is 12.4. The molecule has 0 spiro atoms. The number of methoxy groups -OCH3 is 1. The van der Waals surface area contributed by atoms with Gasteiger partial charge in [-0.1, -0.05) is 15.9 Å². The summed E-state index contributed by atoms with van der Waals surface area (Å²) in [6.45, 7) is 7.86. The molecule has 7 heteroatoms. The van der Waals surface area contributed by atoms with E-state index in [4.69, 9.17) is 14.2 Å². The van der Waals surface area contributed by atoms with Gasteiger partial charge in [0.25, 0.3) is 0 Å². The second-order valence-corrected chi connectivity index (χ2v) is 10.4. The molecule has 0 bridgehead atoms. The molecule has 0 aliphatic carbocycles. The van der Waals surface area contributed by atoms with Crippen molar-refractivity contribution in [1.82, 2.24) is 4.90 Å². The minimum Gasteiger partial charge on any atom is -0.497 e. The van der Waals surface area contributed by atoms with E-state index in [1.54, 1.807) is 12.0 Å². The Morgan fingerprint density at radius 2 is 1.79 bits per heavy atom. The van der Waals surface area contributed by atoms with E-state index in [1.807, 2.05) is 30.3 Å². The zero-order valence-corrected chi connectivity index (χ0v) is 21.9. The molecule has 1 unspecified atom stereocenters. The van der Waals surface area contributed by atoms with Crippen LogP contribution in [0.3, 0.4) is 0 Å². The highest BCUT2D eigenvalue weighted by molar-refractivity contribution is 9.10. The van der Waals surface area contributed by atoms with Gasteiger partial charge >= 0.3 is 6.09 Å². The molecule has 1 amide bonds. The van der Waals surface area contributed by atoms with E-state index in [0.29, 0.717) is 12.5 Å². The van der Waals surface area contributed by atoms with Gasteiger partial charge in [-0.05, 0) is 107 Å². The summed E-state index contributed by atoms with van der Waals surface area (Å²) < 4.78 is 17.9. The molecule has 2 fully saturated rings. The van der Waals surface area contributed by atoms with E-state index in [9.17, 15) is 4.79 Å². The fourth-order valence-corrected chi connectivity index (χ4v) is 5.16. The van der Waals surface area contributed by atoms with Gasteiger partial charge < -0.3 is 19.1 Å². The minimum atomic E-state index is -0.261. The monoisotopic (exact) mass is 530 g/mol. The predicted molar refractivity (Wildman–Crippen MR) is 138 cm³/mol. The largest absolute Gasteiger partial charge is 0.497 e. The maximum Gasteiger partial charge on any atom is 0.414 e. The molecular weight excluding hydrogens is 496 g/mol. The summed E-state index contributed by atoms with van der Waals surface area (Å²) in [5.74, 6) is 2.40. The number of likely N-dealkylation sites (tertiary alicyclic amines) is 1. The summed E-state index contributed by atoms with van der Waals surface area (Å²) >= 11 is 3.71. The van der Waals surface area contributed by atoms with Gasteiger partial charge in [0.2, 0.25) is 0 Å². The van der Waals surface area contributed by atoms with Crippen molar-refractivity contribution in [3.05, 3.63) is 52.5 Å². The molecule has 2 saturated heterocycles. The van der Waals surface area contributed by atoms with Gasteiger partial charge in [-0.25, -0.2) is 4.79 Å². The van der Waals surface area contributed by atoms with Crippen molar-refractivity contribution >= 4 is 27.7 Å². The molecule has 2 aliphatic rings. The molecule has 2 heterocycles. The summed E-state index contributed by atoms with van der Waals surface area (Å²) in [6, 6.07) is 13.8. The standard InChI is InChI=1S/C27H35BrN2O4/c1-19(2)33-24-8-9-26(28)21(17-24)16-20-10-13-29(14-11-20)15-12-25-18-30(27(31)34-25)22-4-6-23(32-3)7-5-22/h4-9,17,19-20,25H,10-16,18H2,1-3H3. The molecule has 2 aromatic carbocycles. The lowest BCUT2D eigenvalue weighted by Gasteiger charge is -2.32. The van der Waals surface area contributed by atoms with Crippen molar-refractivity contribution in [2.75, 3.05) is 38.2 Å². The zero-order chi connectivity index (χ0) is 24.1. The molecule has 0 N–H and O–H groups in total. The van der Waals surface area contributed by atoms with Gasteiger partial charge in [-0.3, -0.25) is 4.90 Å². The molecule has 34 heavy (non-hydrogen) atoms. The Bertz CT molecular complexity index is 958. The SMILES string of the molecule is COc1ccc(N2CC(CCN3CCC(Cc4cc(OC(C)C)ccc4Br)CC3)OC2=O)cc1.